The molecule has 0 aliphatic carbocycles. The average Bonchev–Trinajstić information content (AvgIpc) is 2.23. The lowest BCUT2D eigenvalue weighted by atomic mass is 10.3. The molecule has 0 spiro atoms. The van der Waals surface area contributed by atoms with E-state index in [0.29, 0.717) is 16.8 Å². The third-order valence-electron chi connectivity index (χ3n) is 1.51. The fourth-order valence-electron chi connectivity index (χ4n) is 0.919. The van der Waals surface area contributed by atoms with Gasteiger partial charge in [-0.15, -0.1) is 10.2 Å². The van der Waals surface area contributed by atoms with Gasteiger partial charge in [0, 0.05) is 6.07 Å². The second-order valence-corrected chi connectivity index (χ2v) is 2.92. The highest BCUT2D eigenvalue weighted by atomic mass is 35.5. The van der Waals surface area contributed by atoms with Gasteiger partial charge in [-0.05, 0) is 24.3 Å². The summed E-state index contributed by atoms with van der Waals surface area (Å²) in [6, 6.07) is 13.3. The maximum absolute atomic E-state index is 5.58. The van der Waals surface area contributed by atoms with Crippen molar-refractivity contribution in [3.63, 3.8) is 0 Å². The van der Waals surface area contributed by atoms with Crippen LogP contribution in [0.15, 0.2) is 36.4 Å². The molecule has 1 radical (unpaired) electrons. The Labute approximate surface area is 86.3 Å². The Bertz CT molecular complexity index is 402. The van der Waals surface area contributed by atoms with Crippen molar-refractivity contribution in [2.24, 2.45) is 0 Å². The van der Waals surface area contributed by atoms with E-state index >= 15 is 0 Å². The summed E-state index contributed by atoms with van der Waals surface area (Å²) in [6.45, 7) is 0. The minimum atomic E-state index is 0.344. The van der Waals surface area contributed by atoms with Gasteiger partial charge in [-0.25, -0.2) is 0 Å². The minimum absolute atomic E-state index is 0.344. The van der Waals surface area contributed by atoms with Gasteiger partial charge in [0.15, 0.2) is 5.15 Å². The van der Waals surface area contributed by atoms with Gasteiger partial charge in [0.2, 0.25) is 5.88 Å². The van der Waals surface area contributed by atoms with Crippen LogP contribution in [0.2, 0.25) is 5.15 Å². The molecule has 1 heterocycles. The first kappa shape index (κ1) is 8.97. The van der Waals surface area contributed by atoms with Crippen molar-refractivity contribution in [1.29, 1.82) is 0 Å². The van der Waals surface area contributed by atoms with E-state index in [0.717, 1.165) is 0 Å². The number of ether oxygens (including phenoxy) is 1. The van der Waals surface area contributed by atoms with Crippen molar-refractivity contribution >= 4 is 11.6 Å². The first-order valence-electron chi connectivity index (χ1n) is 3.98. The number of hydrogen-bond donors (Lipinski definition) is 0. The maximum atomic E-state index is 5.58. The molecule has 0 fully saturated rings. The first-order chi connectivity index (χ1) is 6.84. The predicted octanol–water partition coefficient (Wildman–Crippen LogP) is 2.72. The number of hydrogen-bond acceptors (Lipinski definition) is 3. The van der Waals surface area contributed by atoms with Crippen molar-refractivity contribution in [2.75, 3.05) is 0 Å². The SMILES string of the molecule is Clc1ccc(Oc2c[c]ccc2)nn1. The molecule has 0 bridgehead atoms. The minimum Gasteiger partial charge on any atom is -0.438 e. The monoisotopic (exact) mass is 205 g/mol. The highest BCUT2D eigenvalue weighted by molar-refractivity contribution is 6.29. The molecule has 2 rings (SSSR count). The molecule has 0 saturated carbocycles. The van der Waals surface area contributed by atoms with Crippen molar-refractivity contribution in [3.05, 3.63) is 47.6 Å². The Hall–Kier alpha value is -1.61. The quantitative estimate of drug-likeness (QED) is 0.756. The van der Waals surface area contributed by atoms with Crippen LogP contribution in [0, 0.1) is 6.07 Å². The summed E-state index contributed by atoms with van der Waals surface area (Å²) in [4.78, 5) is 0. The number of nitrogens with zero attached hydrogens (tertiary/aromatic N) is 2. The molecule has 2 aromatic rings. The second kappa shape index (κ2) is 4.07. The van der Waals surface area contributed by atoms with Crippen LogP contribution in [0.4, 0.5) is 0 Å². The van der Waals surface area contributed by atoms with Gasteiger partial charge in [-0.2, -0.15) is 0 Å². The van der Waals surface area contributed by atoms with Crippen LogP contribution in [-0.4, -0.2) is 10.2 Å². The van der Waals surface area contributed by atoms with Gasteiger partial charge >= 0.3 is 0 Å². The summed E-state index contributed by atoms with van der Waals surface area (Å²) in [5.74, 6) is 1.08. The van der Waals surface area contributed by atoms with Crippen LogP contribution < -0.4 is 4.74 Å². The van der Waals surface area contributed by atoms with Crippen LogP contribution in [0.1, 0.15) is 0 Å². The zero-order valence-electron chi connectivity index (χ0n) is 7.14. The molecule has 0 saturated heterocycles. The van der Waals surface area contributed by atoms with Crippen LogP contribution >= 0.6 is 11.6 Å². The Morgan fingerprint density at radius 2 is 2.14 bits per heavy atom. The van der Waals surface area contributed by atoms with Crippen LogP contribution in [0.5, 0.6) is 11.6 Å². The molecule has 0 N–H and O–H groups in total. The van der Waals surface area contributed by atoms with E-state index in [1.807, 2.05) is 12.1 Å². The van der Waals surface area contributed by atoms with Crippen molar-refractivity contribution in [2.45, 2.75) is 0 Å². The first-order valence-corrected chi connectivity index (χ1v) is 4.35. The summed E-state index contributed by atoms with van der Waals surface area (Å²) in [5, 5.41) is 7.76. The Morgan fingerprint density at radius 1 is 1.21 bits per heavy atom. The molecule has 0 atom stereocenters. The van der Waals surface area contributed by atoms with Crippen molar-refractivity contribution in [3.8, 4) is 11.6 Å². The fraction of sp³-hybridized carbons (Fsp3) is 0. The molecule has 3 nitrogen and oxygen atoms in total. The second-order valence-electron chi connectivity index (χ2n) is 2.54. The normalized spacial score (nSPS) is 9.79. The van der Waals surface area contributed by atoms with E-state index < -0.39 is 0 Å². The predicted molar refractivity (Wildman–Crippen MR) is 52.4 cm³/mol. The van der Waals surface area contributed by atoms with Gasteiger partial charge in [0.1, 0.15) is 5.75 Å². The lowest BCUT2D eigenvalue weighted by molar-refractivity contribution is 0.455. The highest BCUT2D eigenvalue weighted by Crippen LogP contribution is 2.17. The Kier molecular flexibility index (Phi) is 2.60. The lowest BCUT2D eigenvalue weighted by Crippen LogP contribution is -1.89. The zero-order chi connectivity index (χ0) is 9.80. The average molecular weight is 206 g/mol. The maximum Gasteiger partial charge on any atom is 0.238 e. The molecule has 1 aromatic carbocycles. The third kappa shape index (κ3) is 2.20. The summed E-state index contributed by atoms with van der Waals surface area (Å²) in [5.41, 5.74) is 0. The molecule has 14 heavy (non-hydrogen) atoms. The van der Waals surface area contributed by atoms with Gasteiger partial charge < -0.3 is 4.74 Å². The van der Waals surface area contributed by atoms with E-state index in [-0.39, 0.29) is 0 Å². The fourth-order valence-corrected chi connectivity index (χ4v) is 1.02. The summed E-state index contributed by atoms with van der Waals surface area (Å²) < 4.78 is 5.37. The number of aromatic nitrogens is 2. The smallest absolute Gasteiger partial charge is 0.238 e. The number of halogens is 1. The van der Waals surface area contributed by atoms with E-state index in [9.17, 15) is 0 Å². The molecule has 0 aliphatic rings. The topological polar surface area (TPSA) is 35.0 Å². The van der Waals surface area contributed by atoms with Gasteiger partial charge in [0.25, 0.3) is 0 Å². The summed E-state index contributed by atoms with van der Waals surface area (Å²) >= 11 is 5.58. The molecule has 69 valence electrons. The van der Waals surface area contributed by atoms with Crippen molar-refractivity contribution in [1.82, 2.24) is 10.2 Å². The summed E-state index contributed by atoms with van der Waals surface area (Å²) in [7, 11) is 0. The van der Waals surface area contributed by atoms with E-state index in [1.54, 1.807) is 24.3 Å². The van der Waals surface area contributed by atoms with Gasteiger partial charge in [-0.1, -0.05) is 23.7 Å². The van der Waals surface area contributed by atoms with Gasteiger partial charge in [0.05, 0.1) is 0 Å². The lowest BCUT2D eigenvalue weighted by Gasteiger charge is -2.02. The number of benzene rings is 1. The van der Waals surface area contributed by atoms with E-state index in [4.69, 9.17) is 16.3 Å². The Balaban J connectivity index is 2.16. The zero-order valence-corrected chi connectivity index (χ0v) is 7.90. The van der Waals surface area contributed by atoms with Crippen LogP contribution in [-0.2, 0) is 0 Å². The largest absolute Gasteiger partial charge is 0.438 e. The van der Waals surface area contributed by atoms with Crippen LogP contribution in [0.3, 0.4) is 0 Å². The standard InChI is InChI=1S/C10H6ClN2O/c11-9-6-7-10(13-12-9)14-8-4-2-1-3-5-8/h1-2,4-7H. The third-order valence-corrected chi connectivity index (χ3v) is 1.71. The number of rotatable bonds is 2. The molecule has 4 heteroatoms. The highest BCUT2D eigenvalue weighted by Gasteiger charge is 1.97. The molecule has 0 aliphatic heterocycles. The molecule has 0 amide bonds. The van der Waals surface area contributed by atoms with E-state index in [2.05, 4.69) is 16.3 Å². The molecule has 0 unspecified atom stereocenters. The molecule has 1 aromatic heterocycles. The summed E-state index contributed by atoms with van der Waals surface area (Å²) in [6.07, 6.45) is 0. The molecular formula is C10H6ClN2O. The van der Waals surface area contributed by atoms with Gasteiger partial charge in [-0.3, -0.25) is 0 Å². The van der Waals surface area contributed by atoms with Crippen LogP contribution in [0.25, 0.3) is 0 Å². The van der Waals surface area contributed by atoms with E-state index in [1.165, 1.54) is 0 Å². The Morgan fingerprint density at radius 3 is 2.79 bits per heavy atom. The van der Waals surface area contributed by atoms with Crippen molar-refractivity contribution < 1.29 is 4.74 Å². The molecular weight excluding hydrogens is 200 g/mol.